The van der Waals surface area contributed by atoms with Crippen LogP contribution in [0.3, 0.4) is 0 Å². The molecule has 2 aromatic rings. The molecule has 0 spiro atoms. The van der Waals surface area contributed by atoms with E-state index in [1.54, 1.807) is 7.11 Å². The zero-order valence-electron chi connectivity index (χ0n) is 14.9. The first-order chi connectivity index (χ1) is 11.9. The summed E-state index contributed by atoms with van der Waals surface area (Å²) in [4.78, 5) is 0. The summed E-state index contributed by atoms with van der Waals surface area (Å²) in [7, 11) is 1.70. The van der Waals surface area contributed by atoms with Gasteiger partial charge in [0.25, 0.3) is 0 Å². The molecular weight excluding hydrogens is 334 g/mol. The average molecular weight is 362 g/mol. The van der Waals surface area contributed by atoms with Gasteiger partial charge in [0.15, 0.2) is 11.5 Å². The van der Waals surface area contributed by atoms with Crippen molar-refractivity contribution in [3.63, 3.8) is 0 Å². The summed E-state index contributed by atoms with van der Waals surface area (Å²) in [6, 6.07) is 17.0. The molecule has 1 fully saturated rings. The molecule has 0 aliphatic heterocycles. The van der Waals surface area contributed by atoms with E-state index in [1.807, 2.05) is 30.3 Å². The first-order valence-electron chi connectivity index (χ1n) is 8.93. The number of para-hydroxylation sites is 1. The van der Waals surface area contributed by atoms with Crippen LogP contribution >= 0.6 is 12.4 Å². The Balaban J connectivity index is 0.00000225. The van der Waals surface area contributed by atoms with Crippen LogP contribution in [-0.4, -0.2) is 13.2 Å². The third kappa shape index (κ3) is 5.65. The van der Waals surface area contributed by atoms with Crippen LogP contribution in [0.15, 0.2) is 48.5 Å². The molecule has 0 atom stereocenters. The number of methoxy groups -OCH3 is 1. The van der Waals surface area contributed by atoms with Crippen molar-refractivity contribution in [2.24, 2.45) is 0 Å². The summed E-state index contributed by atoms with van der Waals surface area (Å²) >= 11 is 0. The van der Waals surface area contributed by atoms with Crippen LogP contribution in [0.2, 0.25) is 0 Å². The van der Waals surface area contributed by atoms with E-state index in [0.29, 0.717) is 12.6 Å². The van der Waals surface area contributed by atoms with Crippen molar-refractivity contribution >= 4 is 12.4 Å². The lowest BCUT2D eigenvalue weighted by molar-refractivity contribution is 0.279. The summed E-state index contributed by atoms with van der Waals surface area (Å²) in [5.41, 5.74) is 2.32. The molecule has 136 valence electrons. The minimum Gasteiger partial charge on any atom is -0.493 e. The van der Waals surface area contributed by atoms with E-state index in [4.69, 9.17) is 9.47 Å². The van der Waals surface area contributed by atoms with E-state index >= 15 is 0 Å². The predicted octanol–water partition coefficient (Wildman–Crippen LogP) is 5.12. The Hall–Kier alpha value is -1.71. The lowest BCUT2D eigenvalue weighted by atomic mass is 9.95. The normalized spacial score (nSPS) is 14.6. The third-order valence-electron chi connectivity index (χ3n) is 4.69. The first kappa shape index (κ1) is 19.6. The van der Waals surface area contributed by atoms with Crippen LogP contribution < -0.4 is 14.8 Å². The van der Waals surface area contributed by atoms with Crippen LogP contribution in [0.25, 0.3) is 0 Å². The van der Waals surface area contributed by atoms with Crippen LogP contribution in [0.5, 0.6) is 11.5 Å². The standard InChI is InChI=1S/C21H27NO2.ClH/c1-23-20-14-8-11-18(15-22-19-12-6-3-7-13-19)21(20)24-16-17-9-4-2-5-10-17;/h2,4-5,8-11,14,19,22H,3,6-7,12-13,15-16H2,1H3;1H. The van der Waals surface area contributed by atoms with Crippen LogP contribution in [0.1, 0.15) is 43.2 Å². The first-order valence-corrected chi connectivity index (χ1v) is 8.93. The van der Waals surface area contributed by atoms with E-state index in [2.05, 4.69) is 23.5 Å². The number of hydrogen-bond donors (Lipinski definition) is 1. The SMILES string of the molecule is COc1cccc(CNC2CCCCC2)c1OCc1ccccc1.Cl. The lowest BCUT2D eigenvalue weighted by Crippen LogP contribution is -2.30. The van der Waals surface area contributed by atoms with Crippen molar-refractivity contribution in [3.05, 3.63) is 59.7 Å². The maximum Gasteiger partial charge on any atom is 0.166 e. The molecule has 1 aliphatic rings. The molecule has 0 aromatic heterocycles. The number of hydrogen-bond acceptors (Lipinski definition) is 3. The Morgan fingerprint density at radius 1 is 0.960 bits per heavy atom. The Labute approximate surface area is 157 Å². The minimum absolute atomic E-state index is 0. The number of benzene rings is 2. The van der Waals surface area contributed by atoms with Gasteiger partial charge in [-0.15, -0.1) is 12.4 Å². The molecule has 0 saturated heterocycles. The average Bonchev–Trinajstić information content (AvgIpc) is 2.66. The van der Waals surface area contributed by atoms with Crippen molar-refractivity contribution in [2.75, 3.05) is 7.11 Å². The Kier molecular flexibility index (Phi) is 8.10. The molecule has 3 rings (SSSR count). The largest absolute Gasteiger partial charge is 0.493 e. The lowest BCUT2D eigenvalue weighted by Gasteiger charge is -2.24. The fourth-order valence-corrected chi connectivity index (χ4v) is 3.32. The van der Waals surface area contributed by atoms with Gasteiger partial charge in [-0.3, -0.25) is 0 Å². The van der Waals surface area contributed by atoms with Gasteiger partial charge in [0.1, 0.15) is 6.61 Å². The second kappa shape index (κ2) is 10.3. The number of ether oxygens (including phenoxy) is 2. The number of halogens is 1. The highest BCUT2D eigenvalue weighted by molar-refractivity contribution is 5.85. The maximum atomic E-state index is 6.12. The maximum absolute atomic E-state index is 6.12. The minimum atomic E-state index is 0. The van der Waals surface area contributed by atoms with Gasteiger partial charge in [0, 0.05) is 18.2 Å². The molecule has 2 aromatic carbocycles. The molecule has 3 nitrogen and oxygen atoms in total. The van der Waals surface area contributed by atoms with E-state index < -0.39 is 0 Å². The highest BCUT2D eigenvalue weighted by Gasteiger charge is 2.15. The fourth-order valence-electron chi connectivity index (χ4n) is 3.32. The van der Waals surface area contributed by atoms with Gasteiger partial charge in [0.2, 0.25) is 0 Å². The van der Waals surface area contributed by atoms with Gasteiger partial charge in [-0.1, -0.05) is 61.7 Å². The highest BCUT2D eigenvalue weighted by Crippen LogP contribution is 2.32. The van der Waals surface area contributed by atoms with Crippen molar-refractivity contribution in [1.82, 2.24) is 5.32 Å². The van der Waals surface area contributed by atoms with Gasteiger partial charge in [-0.25, -0.2) is 0 Å². The highest BCUT2D eigenvalue weighted by atomic mass is 35.5. The van der Waals surface area contributed by atoms with Crippen LogP contribution in [0, 0.1) is 0 Å². The molecule has 4 heteroatoms. The van der Waals surface area contributed by atoms with Crippen molar-refractivity contribution < 1.29 is 9.47 Å². The summed E-state index contributed by atoms with van der Waals surface area (Å²) in [6.45, 7) is 1.38. The van der Waals surface area contributed by atoms with E-state index in [9.17, 15) is 0 Å². The van der Waals surface area contributed by atoms with Crippen molar-refractivity contribution in [3.8, 4) is 11.5 Å². The number of rotatable bonds is 7. The molecule has 0 bridgehead atoms. The topological polar surface area (TPSA) is 30.5 Å². The molecular formula is C21H28ClNO2. The van der Waals surface area contributed by atoms with Crippen LogP contribution in [-0.2, 0) is 13.2 Å². The Bertz CT molecular complexity index is 627. The smallest absolute Gasteiger partial charge is 0.166 e. The summed E-state index contributed by atoms with van der Waals surface area (Å²) in [5.74, 6) is 1.65. The molecule has 25 heavy (non-hydrogen) atoms. The van der Waals surface area contributed by atoms with Gasteiger partial charge in [-0.2, -0.15) is 0 Å². The molecule has 0 amide bonds. The number of nitrogens with one attached hydrogen (secondary N) is 1. The molecule has 0 heterocycles. The Morgan fingerprint density at radius 2 is 1.72 bits per heavy atom. The van der Waals surface area contributed by atoms with Crippen molar-refractivity contribution in [1.29, 1.82) is 0 Å². The van der Waals surface area contributed by atoms with Gasteiger partial charge < -0.3 is 14.8 Å². The summed E-state index contributed by atoms with van der Waals surface area (Å²) < 4.78 is 11.6. The van der Waals surface area contributed by atoms with Crippen molar-refractivity contribution in [2.45, 2.75) is 51.3 Å². The van der Waals surface area contributed by atoms with Gasteiger partial charge in [-0.05, 0) is 24.5 Å². The summed E-state index contributed by atoms with van der Waals surface area (Å²) in [5, 5.41) is 3.69. The zero-order chi connectivity index (χ0) is 16.6. The molecule has 1 N–H and O–H groups in total. The van der Waals surface area contributed by atoms with Crippen LogP contribution in [0.4, 0.5) is 0 Å². The van der Waals surface area contributed by atoms with E-state index in [0.717, 1.165) is 29.2 Å². The molecule has 1 saturated carbocycles. The molecule has 1 aliphatic carbocycles. The third-order valence-corrected chi connectivity index (χ3v) is 4.69. The second-order valence-corrected chi connectivity index (χ2v) is 6.44. The fraction of sp³-hybridized carbons (Fsp3) is 0.429. The molecule has 0 radical (unpaired) electrons. The predicted molar refractivity (Wildman–Crippen MR) is 105 cm³/mol. The van der Waals surface area contributed by atoms with Gasteiger partial charge in [0.05, 0.1) is 7.11 Å². The van der Waals surface area contributed by atoms with Gasteiger partial charge >= 0.3 is 0 Å². The monoisotopic (exact) mass is 361 g/mol. The van der Waals surface area contributed by atoms with E-state index in [-0.39, 0.29) is 12.4 Å². The quantitative estimate of drug-likeness (QED) is 0.742. The molecule has 0 unspecified atom stereocenters. The van der Waals surface area contributed by atoms with E-state index in [1.165, 1.54) is 32.1 Å². The second-order valence-electron chi connectivity index (χ2n) is 6.44. The zero-order valence-corrected chi connectivity index (χ0v) is 15.7. The summed E-state index contributed by atoms with van der Waals surface area (Å²) in [6.07, 6.45) is 6.62. The Morgan fingerprint density at radius 3 is 2.44 bits per heavy atom.